The molecule has 0 aliphatic rings. The second-order valence-corrected chi connectivity index (χ2v) is 4.60. The van der Waals surface area contributed by atoms with Crippen LogP contribution in [0, 0.1) is 6.92 Å². The van der Waals surface area contributed by atoms with Gasteiger partial charge in [-0.15, -0.1) is 0 Å². The fourth-order valence-corrected chi connectivity index (χ4v) is 1.74. The Morgan fingerprint density at radius 2 is 2.06 bits per heavy atom. The highest BCUT2D eigenvalue weighted by Gasteiger charge is 2.06. The molecule has 1 unspecified atom stereocenters. The van der Waals surface area contributed by atoms with Crippen molar-refractivity contribution in [2.75, 3.05) is 5.73 Å². The minimum Gasteiger partial charge on any atom is -0.475 e. The molecule has 3 nitrogen and oxygen atoms in total. The molecule has 0 aliphatic heterocycles. The van der Waals surface area contributed by atoms with Gasteiger partial charge in [0.05, 0.1) is 17.5 Å². The zero-order chi connectivity index (χ0) is 12.7. The summed E-state index contributed by atoms with van der Waals surface area (Å²) < 4.78 is 5.76. The lowest BCUT2D eigenvalue weighted by atomic mass is 10.1. The number of aryl methyl sites for hydroxylation is 1. The number of anilines is 1. The Morgan fingerprint density at radius 1 is 1.29 bits per heavy atom. The molecule has 0 bridgehead atoms. The molecule has 1 aromatic rings. The normalized spacial score (nSPS) is 12.4. The van der Waals surface area contributed by atoms with Crippen molar-refractivity contribution < 1.29 is 4.74 Å². The zero-order valence-corrected chi connectivity index (χ0v) is 11.2. The number of hydrogen-bond donors (Lipinski definition) is 1. The van der Waals surface area contributed by atoms with Crippen LogP contribution in [-0.4, -0.2) is 11.1 Å². The highest BCUT2D eigenvalue weighted by Crippen LogP contribution is 2.16. The predicted octanol–water partition coefficient (Wildman–Crippen LogP) is 3.71. The second-order valence-electron chi connectivity index (χ2n) is 4.60. The van der Waals surface area contributed by atoms with Crippen molar-refractivity contribution in [3.8, 4) is 5.88 Å². The number of unbranched alkanes of at least 4 members (excludes halogenated alkanes) is 3. The van der Waals surface area contributed by atoms with Crippen molar-refractivity contribution in [2.24, 2.45) is 0 Å². The third-order valence-electron chi connectivity index (χ3n) is 2.89. The molecule has 0 aromatic carbocycles. The summed E-state index contributed by atoms with van der Waals surface area (Å²) >= 11 is 0. The Hall–Kier alpha value is -1.25. The van der Waals surface area contributed by atoms with E-state index in [1.807, 2.05) is 19.1 Å². The molecule has 1 heterocycles. The molecule has 1 atom stereocenters. The Morgan fingerprint density at radius 3 is 2.71 bits per heavy atom. The molecule has 0 saturated carbocycles. The summed E-state index contributed by atoms with van der Waals surface area (Å²) in [5.41, 5.74) is 7.26. The van der Waals surface area contributed by atoms with Gasteiger partial charge >= 0.3 is 0 Å². The Balaban J connectivity index is 2.34. The van der Waals surface area contributed by atoms with Gasteiger partial charge in [-0.3, -0.25) is 0 Å². The molecule has 0 radical (unpaired) electrons. The highest BCUT2D eigenvalue weighted by atomic mass is 16.5. The maximum absolute atomic E-state index is 5.76. The van der Waals surface area contributed by atoms with Crippen LogP contribution in [0.4, 0.5) is 5.69 Å². The molecule has 1 aromatic heterocycles. The fourth-order valence-electron chi connectivity index (χ4n) is 1.74. The second kappa shape index (κ2) is 7.15. The van der Waals surface area contributed by atoms with Gasteiger partial charge in [0.2, 0.25) is 5.88 Å². The molecule has 2 N–H and O–H groups in total. The number of pyridine rings is 1. The van der Waals surface area contributed by atoms with E-state index >= 15 is 0 Å². The number of aromatic nitrogens is 1. The maximum Gasteiger partial charge on any atom is 0.213 e. The first kappa shape index (κ1) is 13.8. The van der Waals surface area contributed by atoms with Crippen molar-refractivity contribution in [2.45, 2.75) is 59.0 Å². The average molecular weight is 236 g/mol. The van der Waals surface area contributed by atoms with Crippen LogP contribution in [0.2, 0.25) is 0 Å². The number of hydrogen-bond acceptors (Lipinski definition) is 3. The number of rotatable bonds is 7. The first-order valence-electron chi connectivity index (χ1n) is 6.53. The molecule has 0 aliphatic carbocycles. The quantitative estimate of drug-likeness (QED) is 0.734. The van der Waals surface area contributed by atoms with Crippen molar-refractivity contribution >= 4 is 5.69 Å². The van der Waals surface area contributed by atoms with Crippen molar-refractivity contribution in [1.82, 2.24) is 4.98 Å². The molecule has 0 spiro atoms. The zero-order valence-electron chi connectivity index (χ0n) is 11.2. The molecule has 1 rings (SSSR count). The Kier molecular flexibility index (Phi) is 5.81. The predicted molar refractivity (Wildman–Crippen MR) is 72.2 cm³/mol. The number of nitrogens with two attached hydrogens (primary N) is 1. The van der Waals surface area contributed by atoms with Crippen LogP contribution in [-0.2, 0) is 0 Å². The SMILES string of the molecule is CCCCCCC(C)Oc1ccc(N)c(C)n1. The first-order valence-corrected chi connectivity index (χ1v) is 6.53. The summed E-state index contributed by atoms with van der Waals surface area (Å²) in [5, 5.41) is 0. The molecule has 0 fully saturated rings. The maximum atomic E-state index is 5.76. The Labute approximate surface area is 104 Å². The number of nitrogens with zero attached hydrogens (tertiary/aromatic N) is 1. The van der Waals surface area contributed by atoms with E-state index in [-0.39, 0.29) is 6.10 Å². The van der Waals surface area contributed by atoms with Crippen LogP contribution < -0.4 is 10.5 Å². The smallest absolute Gasteiger partial charge is 0.213 e. The lowest BCUT2D eigenvalue weighted by Crippen LogP contribution is -2.12. The minimum absolute atomic E-state index is 0.224. The summed E-state index contributed by atoms with van der Waals surface area (Å²) in [6.07, 6.45) is 6.41. The van der Waals surface area contributed by atoms with Gasteiger partial charge in [0.15, 0.2) is 0 Å². The van der Waals surface area contributed by atoms with Crippen LogP contribution in [0.25, 0.3) is 0 Å². The monoisotopic (exact) mass is 236 g/mol. The lowest BCUT2D eigenvalue weighted by Gasteiger charge is -2.14. The molecule has 0 saturated heterocycles. The van der Waals surface area contributed by atoms with E-state index in [0.717, 1.165) is 12.1 Å². The molecule has 3 heteroatoms. The van der Waals surface area contributed by atoms with E-state index in [4.69, 9.17) is 10.5 Å². The summed E-state index contributed by atoms with van der Waals surface area (Å²) in [5.74, 6) is 0.680. The van der Waals surface area contributed by atoms with Crippen LogP contribution >= 0.6 is 0 Å². The van der Waals surface area contributed by atoms with Crippen LogP contribution in [0.1, 0.15) is 51.6 Å². The summed E-state index contributed by atoms with van der Waals surface area (Å²) in [7, 11) is 0. The van der Waals surface area contributed by atoms with E-state index in [0.29, 0.717) is 11.6 Å². The molecular formula is C14H24N2O. The van der Waals surface area contributed by atoms with Crippen molar-refractivity contribution in [1.29, 1.82) is 0 Å². The van der Waals surface area contributed by atoms with Gasteiger partial charge in [0, 0.05) is 6.07 Å². The Bertz CT molecular complexity index is 339. The molecule has 0 amide bonds. The summed E-state index contributed by atoms with van der Waals surface area (Å²) in [6.45, 7) is 6.22. The van der Waals surface area contributed by atoms with E-state index in [1.165, 1.54) is 25.7 Å². The van der Waals surface area contributed by atoms with E-state index < -0.39 is 0 Å². The van der Waals surface area contributed by atoms with Crippen LogP contribution in [0.3, 0.4) is 0 Å². The highest BCUT2D eigenvalue weighted by molar-refractivity contribution is 5.43. The van der Waals surface area contributed by atoms with Gasteiger partial charge in [-0.25, -0.2) is 4.98 Å². The standard InChI is InChI=1S/C14H24N2O/c1-4-5-6-7-8-11(2)17-14-10-9-13(15)12(3)16-14/h9-11H,4-8,15H2,1-3H3. The molecule has 96 valence electrons. The fraction of sp³-hybridized carbons (Fsp3) is 0.643. The summed E-state index contributed by atoms with van der Waals surface area (Å²) in [4.78, 5) is 4.31. The van der Waals surface area contributed by atoms with Crippen molar-refractivity contribution in [3.63, 3.8) is 0 Å². The third kappa shape index (κ3) is 5.07. The van der Waals surface area contributed by atoms with Crippen molar-refractivity contribution in [3.05, 3.63) is 17.8 Å². The van der Waals surface area contributed by atoms with E-state index in [1.54, 1.807) is 0 Å². The van der Waals surface area contributed by atoms with Crippen LogP contribution in [0.5, 0.6) is 5.88 Å². The van der Waals surface area contributed by atoms with Crippen LogP contribution in [0.15, 0.2) is 12.1 Å². The average Bonchev–Trinajstić information content (AvgIpc) is 2.30. The topological polar surface area (TPSA) is 48.1 Å². The van der Waals surface area contributed by atoms with Gasteiger partial charge in [-0.1, -0.05) is 26.2 Å². The van der Waals surface area contributed by atoms with Gasteiger partial charge in [-0.2, -0.15) is 0 Å². The number of ether oxygens (including phenoxy) is 1. The van der Waals surface area contributed by atoms with E-state index in [9.17, 15) is 0 Å². The van der Waals surface area contributed by atoms with E-state index in [2.05, 4.69) is 18.8 Å². The van der Waals surface area contributed by atoms with Gasteiger partial charge < -0.3 is 10.5 Å². The largest absolute Gasteiger partial charge is 0.475 e. The van der Waals surface area contributed by atoms with Gasteiger partial charge in [-0.05, 0) is 32.8 Å². The van der Waals surface area contributed by atoms with Gasteiger partial charge in [0.25, 0.3) is 0 Å². The molecule has 17 heavy (non-hydrogen) atoms. The minimum atomic E-state index is 0.224. The van der Waals surface area contributed by atoms with Gasteiger partial charge in [0.1, 0.15) is 0 Å². The molecular weight excluding hydrogens is 212 g/mol. The third-order valence-corrected chi connectivity index (χ3v) is 2.89. The number of nitrogen functional groups attached to an aromatic ring is 1. The summed E-state index contributed by atoms with van der Waals surface area (Å²) in [6, 6.07) is 3.69. The first-order chi connectivity index (χ1) is 8.13. The lowest BCUT2D eigenvalue weighted by molar-refractivity contribution is 0.198.